The van der Waals surface area contributed by atoms with Gasteiger partial charge in [0.05, 0.1) is 6.20 Å². The molecule has 0 aliphatic heterocycles. The Morgan fingerprint density at radius 2 is 2.31 bits per heavy atom. The van der Waals surface area contributed by atoms with Gasteiger partial charge < -0.3 is 5.73 Å². The Kier molecular flexibility index (Phi) is 3.64. The van der Waals surface area contributed by atoms with Gasteiger partial charge in [0.2, 0.25) is 0 Å². The summed E-state index contributed by atoms with van der Waals surface area (Å²) < 4.78 is 1.90. The van der Waals surface area contributed by atoms with Crippen LogP contribution in [0.5, 0.6) is 0 Å². The van der Waals surface area contributed by atoms with Crippen molar-refractivity contribution in [1.29, 1.82) is 0 Å². The molecule has 0 bridgehead atoms. The second-order valence-electron chi connectivity index (χ2n) is 5.14. The van der Waals surface area contributed by atoms with Crippen molar-refractivity contribution in [2.45, 2.75) is 38.5 Å². The molecule has 0 spiro atoms. The van der Waals surface area contributed by atoms with Crippen LogP contribution in [0.2, 0.25) is 0 Å². The van der Waals surface area contributed by atoms with Crippen molar-refractivity contribution in [2.75, 3.05) is 6.54 Å². The zero-order chi connectivity index (χ0) is 11.5. The molecule has 2 N–H and O–H groups in total. The largest absolute Gasteiger partial charge is 0.330 e. The van der Waals surface area contributed by atoms with Gasteiger partial charge in [-0.3, -0.25) is 4.68 Å². The van der Waals surface area contributed by atoms with Gasteiger partial charge >= 0.3 is 0 Å². The summed E-state index contributed by atoms with van der Waals surface area (Å²) in [7, 11) is 1.99. The molecule has 1 saturated carbocycles. The third-order valence-corrected chi connectivity index (χ3v) is 4.14. The molecule has 1 aliphatic rings. The summed E-state index contributed by atoms with van der Waals surface area (Å²) >= 11 is 0. The summed E-state index contributed by atoms with van der Waals surface area (Å²) in [6.07, 6.45) is 9.42. The molecular formula is C13H23N3. The van der Waals surface area contributed by atoms with Crippen LogP contribution in [-0.4, -0.2) is 16.3 Å². The molecule has 1 heterocycles. The standard InChI is InChI=1S/C13H23N3/c1-3-10-4-5-11(7-14)13(6-10)12-8-15-16(2)9-12/h8-11,13H,3-7,14H2,1-2H3. The van der Waals surface area contributed by atoms with Crippen molar-refractivity contribution >= 4 is 0 Å². The highest BCUT2D eigenvalue weighted by Gasteiger charge is 2.30. The Morgan fingerprint density at radius 1 is 1.50 bits per heavy atom. The fraction of sp³-hybridized carbons (Fsp3) is 0.769. The number of nitrogens with two attached hydrogens (primary N) is 1. The van der Waals surface area contributed by atoms with Crippen molar-refractivity contribution in [3.63, 3.8) is 0 Å². The predicted molar refractivity (Wildman–Crippen MR) is 66.1 cm³/mol. The number of aromatic nitrogens is 2. The van der Waals surface area contributed by atoms with Gasteiger partial charge in [0.15, 0.2) is 0 Å². The summed E-state index contributed by atoms with van der Waals surface area (Å²) in [5.74, 6) is 2.18. The zero-order valence-corrected chi connectivity index (χ0v) is 10.4. The van der Waals surface area contributed by atoms with E-state index in [9.17, 15) is 0 Å². The van der Waals surface area contributed by atoms with Gasteiger partial charge in [0.25, 0.3) is 0 Å². The van der Waals surface area contributed by atoms with Crippen LogP contribution in [-0.2, 0) is 7.05 Å². The van der Waals surface area contributed by atoms with Gasteiger partial charge in [-0.25, -0.2) is 0 Å². The SMILES string of the molecule is CCC1CCC(CN)C(c2cnn(C)c2)C1. The van der Waals surface area contributed by atoms with Crippen LogP contribution in [0.25, 0.3) is 0 Å². The van der Waals surface area contributed by atoms with Crippen LogP contribution in [0, 0.1) is 11.8 Å². The molecule has 1 aromatic rings. The van der Waals surface area contributed by atoms with E-state index < -0.39 is 0 Å². The van der Waals surface area contributed by atoms with Crippen LogP contribution < -0.4 is 5.73 Å². The minimum Gasteiger partial charge on any atom is -0.330 e. The van der Waals surface area contributed by atoms with Gasteiger partial charge in [0.1, 0.15) is 0 Å². The van der Waals surface area contributed by atoms with Gasteiger partial charge in [-0.05, 0) is 42.7 Å². The molecule has 0 aromatic carbocycles. The van der Waals surface area contributed by atoms with E-state index in [2.05, 4.69) is 18.2 Å². The molecule has 1 fully saturated rings. The topological polar surface area (TPSA) is 43.8 Å². The molecular weight excluding hydrogens is 198 g/mol. The van der Waals surface area contributed by atoms with Crippen molar-refractivity contribution in [3.8, 4) is 0 Å². The summed E-state index contributed by atoms with van der Waals surface area (Å²) in [4.78, 5) is 0. The molecule has 16 heavy (non-hydrogen) atoms. The first kappa shape index (κ1) is 11.6. The molecule has 3 heteroatoms. The molecule has 0 amide bonds. The quantitative estimate of drug-likeness (QED) is 0.851. The van der Waals surface area contributed by atoms with E-state index in [4.69, 9.17) is 5.73 Å². The van der Waals surface area contributed by atoms with Crippen LogP contribution in [0.3, 0.4) is 0 Å². The predicted octanol–water partition coefficient (Wildman–Crippen LogP) is 2.29. The van der Waals surface area contributed by atoms with Crippen LogP contribution in [0.15, 0.2) is 12.4 Å². The number of nitrogens with zero attached hydrogens (tertiary/aromatic N) is 2. The Labute approximate surface area is 98.0 Å². The summed E-state index contributed by atoms with van der Waals surface area (Å²) in [5.41, 5.74) is 7.28. The highest BCUT2D eigenvalue weighted by atomic mass is 15.2. The average molecular weight is 221 g/mol. The van der Waals surface area contributed by atoms with E-state index >= 15 is 0 Å². The van der Waals surface area contributed by atoms with E-state index in [1.807, 2.05) is 17.9 Å². The Hall–Kier alpha value is -0.830. The smallest absolute Gasteiger partial charge is 0.0524 e. The van der Waals surface area contributed by atoms with E-state index in [1.54, 1.807) is 0 Å². The second kappa shape index (κ2) is 5.00. The molecule has 0 saturated heterocycles. The summed E-state index contributed by atoms with van der Waals surface area (Å²) in [6, 6.07) is 0. The highest BCUT2D eigenvalue weighted by Crippen LogP contribution is 2.40. The van der Waals surface area contributed by atoms with E-state index in [0.29, 0.717) is 11.8 Å². The molecule has 0 radical (unpaired) electrons. The van der Waals surface area contributed by atoms with E-state index in [0.717, 1.165) is 12.5 Å². The molecule has 3 unspecified atom stereocenters. The molecule has 3 atom stereocenters. The lowest BCUT2D eigenvalue weighted by molar-refractivity contribution is 0.236. The maximum absolute atomic E-state index is 5.90. The minimum absolute atomic E-state index is 0.636. The van der Waals surface area contributed by atoms with Crippen molar-refractivity contribution in [3.05, 3.63) is 18.0 Å². The van der Waals surface area contributed by atoms with Crippen LogP contribution in [0.4, 0.5) is 0 Å². The maximum atomic E-state index is 5.90. The molecule has 1 aliphatic carbocycles. The number of rotatable bonds is 3. The van der Waals surface area contributed by atoms with Gasteiger partial charge in [-0.1, -0.05) is 19.8 Å². The Balaban J connectivity index is 2.14. The molecule has 1 aromatic heterocycles. The van der Waals surface area contributed by atoms with Crippen molar-refractivity contribution in [2.24, 2.45) is 24.6 Å². The number of aryl methyl sites for hydroxylation is 1. The second-order valence-corrected chi connectivity index (χ2v) is 5.14. The first-order chi connectivity index (χ1) is 7.74. The number of hydrogen-bond acceptors (Lipinski definition) is 2. The van der Waals surface area contributed by atoms with Crippen molar-refractivity contribution in [1.82, 2.24) is 9.78 Å². The normalized spacial score (nSPS) is 30.6. The van der Waals surface area contributed by atoms with Crippen molar-refractivity contribution < 1.29 is 0 Å². The monoisotopic (exact) mass is 221 g/mol. The van der Waals surface area contributed by atoms with Gasteiger partial charge in [-0.2, -0.15) is 5.10 Å². The summed E-state index contributed by atoms with van der Waals surface area (Å²) in [5, 5.41) is 4.29. The zero-order valence-electron chi connectivity index (χ0n) is 10.4. The fourth-order valence-corrected chi connectivity index (χ4v) is 3.01. The minimum atomic E-state index is 0.636. The first-order valence-electron chi connectivity index (χ1n) is 6.43. The molecule has 2 rings (SSSR count). The molecule has 3 nitrogen and oxygen atoms in total. The number of hydrogen-bond donors (Lipinski definition) is 1. The lowest BCUT2D eigenvalue weighted by atomic mass is 9.71. The maximum Gasteiger partial charge on any atom is 0.0524 e. The summed E-state index contributed by atoms with van der Waals surface area (Å²) in [6.45, 7) is 3.11. The first-order valence-corrected chi connectivity index (χ1v) is 6.43. The third-order valence-electron chi connectivity index (χ3n) is 4.14. The van der Waals surface area contributed by atoms with Crippen LogP contribution >= 0.6 is 0 Å². The average Bonchev–Trinajstić information content (AvgIpc) is 2.75. The van der Waals surface area contributed by atoms with E-state index in [1.165, 1.54) is 31.2 Å². The Morgan fingerprint density at radius 3 is 2.88 bits per heavy atom. The molecule has 90 valence electrons. The fourth-order valence-electron chi connectivity index (χ4n) is 3.01. The lowest BCUT2D eigenvalue weighted by Crippen LogP contribution is -2.28. The van der Waals surface area contributed by atoms with Gasteiger partial charge in [-0.15, -0.1) is 0 Å². The lowest BCUT2D eigenvalue weighted by Gasteiger charge is -2.34. The van der Waals surface area contributed by atoms with E-state index in [-0.39, 0.29) is 0 Å². The highest BCUT2D eigenvalue weighted by molar-refractivity contribution is 5.14. The Bertz CT molecular complexity index is 332. The third kappa shape index (κ3) is 2.29. The van der Waals surface area contributed by atoms with Gasteiger partial charge in [0, 0.05) is 13.2 Å². The van der Waals surface area contributed by atoms with Crippen LogP contribution in [0.1, 0.15) is 44.1 Å².